The smallest absolute Gasteiger partial charge is 0.0519 e. The Labute approximate surface area is 77.9 Å². The fourth-order valence-electron chi connectivity index (χ4n) is 1.40. The Balaban J connectivity index is 2.47. The van der Waals surface area contributed by atoms with Crippen LogP contribution >= 0.6 is 11.6 Å². The third-order valence-electron chi connectivity index (χ3n) is 2.24. The van der Waals surface area contributed by atoms with E-state index in [0.717, 1.165) is 10.6 Å². The van der Waals surface area contributed by atoms with Crippen LogP contribution in [0.1, 0.15) is 29.9 Å². The van der Waals surface area contributed by atoms with Gasteiger partial charge in [-0.15, -0.1) is 0 Å². The average Bonchev–Trinajstić information content (AvgIpc) is 2.88. The van der Waals surface area contributed by atoms with Crippen LogP contribution < -0.4 is 0 Å². The summed E-state index contributed by atoms with van der Waals surface area (Å²) in [6, 6.07) is 6.06. The summed E-state index contributed by atoms with van der Waals surface area (Å²) in [5, 5.41) is 0.843. The SMILES string of the molecule is C=[C]c1cccc(C2CC2)c1Cl. The van der Waals surface area contributed by atoms with Crippen molar-refractivity contribution in [1.29, 1.82) is 0 Å². The fraction of sp³-hybridized carbons (Fsp3) is 0.273. The van der Waals surface area contributed by atoms with Gasteiger partial charge in [0.05, 0.1) is 5.02 Å². The van der Waals surface area contributed by atoms with Crippen molar-refractivity contribution in [2.24, 2.45) is 0 Å². The predicted octanol–water partition coefficient (Wildman–Crippen LogP) is 3.55. The molecule has 0 bridgehead atoms. The fourth-order valence-corrected chi connectivity index (χ4v) is 1.74. The van der Waals surface area contributed by atoms with Gasteiger partial charge in [-0.1, -0.05) is 36.4 Å². The van der Waals surface area contributed by atoms with Crippen LogP contribution in [0, 0.1) is 6.08 Å². The minimum Gasteiger partial charge on any atom is -0.0905 e. The van der Waals surface area contributed by atoms with E-state index in [0.29, 0.717) is 5.92 Å². The van der Waals surface area contributed by atoms with Crippen molar-refractivity contribution < 1.29 is 0 Å². The van der Waals surface area contributed by atoms with E-state index < -0.39 is 0 Å². The van der Waals surface area contributed by atoms with Gasteiger partial charge in [-0.2, -0.15) is 0 Å². The summed E-state index contributed by atoms with van der Waals surface area (Å²) in [5.74, 6) is 0.700. The quantitative estimate of drug-likeness (QED) is 0.648. The topological polar surface area (TPSA) is 0 Å². The summed E-state index contributed by atoms with van der Waals surface area (Å²) >= 11 is 6.14. The highest BCUT2D eigenvalue weighted by atomic mass is 35.5. The first-order valence-electron chi connectivity index (χ1n) is 4.14. The molecule has 0 aromatic heterocycles. The van der Waals surface area contributed by atoms with E-state index in [1.807, 2.05) is 12.1 Å². The summed E-state index contributed by atoms with van der Waals surface area (Å²) in [6.45, 7) is 3.60. The highest BCUT2D eigenvalue weighted by Gasteiger charge is 2.25. The second-order valence-electron chi connectivity index (χ2n) is 3.16. The van der Waals surface area contributed by atoms with E-state index >= 15 is 0 Å². The Kier molecular flexibility index (Phi) is 1.93. The van der Waals surface area contributed by atoms with Crippen LogP contribution in [0.25, 0.3) is 0 Å². The lowest BCUT2D eigenvalue weighted by Crippen LogP contribution is -1.84. The zero-order valence-electron chi connectivity index (χ0n) is 6.81. The first-order chi connectivity index (χ1) is 5.83. The van der Waals surface area contributed by atoms with Crippen molar-refractivity contribution in [2.75, 3.05) is 0 Å². The normalized spacial score (nSPS) is 16.1. The van der Waals surface area contributed by atoms with Gasteiger partial charge in [0, 0.05) is 5.56 Å². The van der Waals surface area contributed by atoms with Crippen molar-refractivity contribution in [2.45, 2.75) is 18.8 Å². The molecular weight excluding hydrogens is 168 g/mol. The molecule has 12 heavy (non-hydrogen) atoms. The maximum atomic E-state index is 6.14. The summed E-state index contributed by atoms with van der Waals surface area (Å²) in [5.41, 5.74) is 2.20. The number of rotatable bonds is 2. The summed E-state index contributed by atoms with van der Waals surface area (Å²) < 4.78 is 0. The van der Waals surface area contributed by atoms with Crippen LogP contribution in [0.15, 0.2) is 24.8 Å². The molecule has 1 radical (unpaired) electrons. The summed E-state index contributed by atoms with van der Waals surface area (Å²) in [7, 11) is 0. The largest absolute Gasteiger partial charge is 0.0905 e. The molecule has 1 saturated carbocycles. The number of hydrogen-bond acceptors (Lipinski definition) is 0. The molecule has 0 unspecified atom stereocenters. The molecular formula is C11H10Cl. The summed E-state index contributed by atoms with van der Waals surface area (Å²) in [6.07, 6.45) is 5.39. The Hall–Kier alpha value is -0.750. The third-order valence-corrected chi connectivity index (χ3v) is 2.66. The van der Waals surface area contributed by atoms with Crippen LogP contribution in [0.3, 0.4) is 0 Å². The van der Waals surface area contributed by atoms with Gasteiger partial charge in [0.2, 0.25) is 0 Å². The standard InChI is InChI=1S/C11H10Cl/c1-2-8-4-3-5-10(11(8)12)9-6-7-9/h3-5,9H,1,6-7H2. The van der Waals surface area contributed by atoms with E-state index in [2.05, 4.69) is 18.7 Å². The van der Waals surface area contributed by atoms with Gasteiger partial charge >= 0.3 is 0 Å². The Morgan fingerprint density at radius 2 is 2.17 bits per heavy atom. The minimum absolute atomic E-state index is 0.700. The van der Waals surface area contributed by atoms with Crippen LogP contribution in [0.2, 0.25) is 5.02 Å². The Bertz CT molecular complexity index is 311. The van der Waals surface area contributed by atoms with Crippen molar-refractivity contribution in [1.82, 2.24) is 0 Å². The lowest BCUT2D eigenvalue weighted by Gasteiger charge is -2.03. The molecule has 0 nitrogen and oxygen atoms in total. The van der Waals surface area contributed by atoms with Crippen molar-refractivity contribution >= 4 is 11.6 Å². The summed E-state index contributed by atoms with van der Waals surface area (Å²) in [4.78, 5) is 0. The molecule has 0 spiro atoms. The molecule has 1 aromatic rings. The molecule has 1 heteroatoms. The first-order valence-corrected chi connectivity index (χ1v) is 4.52. The molecule has 1 aliphatic carbocycles. The molecule has 0 saturated heterocycles. The van der Waals surface area contributed by atoms with Gasteiger partial charge < -0.3 is 0 Å². The van der Waals surface area contributed by atoms with Gasteiger partial charge in [-0.3, -0.25) is 0 Å². The van der Waals surface area contributed by atoms with Crippen molar-refractivity contribution in [3.8, 4) is 0 Å². The zero-order valence-corrected chi connectivity index (χ0v) is 7.56. The number of hydrogen-bond donors (Lipinski definition) is 0. The van der Waals surface area contributed by atoms with Gasteiger partial charge in [0.25, 0.3) is 0 Å². The third kappa shape index (κ3) is 1.27. The zero-order chi connectivity index (χ0) is 8.55. The van der Waals surface area contributed by atoms with Crippen molar-refractivity contribution in [3.63, 3.8) is 0 Å². The van der Waals surface area contributed by atoms with E-state index in [1.54, 1.807) is 0 Å². The van der Waals surface area contributed by atoms with Gasteiger partial charge in [0.1, 0.15) is 0 Å². The van der Waals surface area contributed by atoms with Crippen molar-refractivity contribution in [3.05, 3.63) is 47.0 Å². The Morgan fingerprint density at radius 3 is 2.75 bits per heavy atom. The van der Waals surface area contributed by atoms with Crippen LogP contribution in [-0.2, 0) is 0 Å². The molecule has 1 aromatic carbocycles. The van der Waals surface area contributed by atoms with E-state index in [1.165, 1.54) is 18.4 Å². The van der Waals surface area contributed by atoms with Gasteiger partial charge in [-0.25, -0.2) is 0 Å². The molecule has 1 aliphatic rings. The minimum atomic E-state index is 0.700. The maximum Gasteiger partial charge on any atom is 0.0519 e. The Morgan fingerprint density at radius 1 is 1.42 bits per heavy atom. The molecule has 0 aliphatic heterocycles. The molecule has 2 rings (SSSR count). The van der Waals surface area contributed by atoms with Crippen LogP contribution in [0.5, 0.6) is 0 Å². The lowest BCUT2D eigenvalue weighted by atomic mass is 10.1. The van der Waals surface area contributed by atoms with Gasteiger partial charge in [-0.05, 0) is 30.4 Å². The highest BCUT2D eigenvalue weighted by Crippen LogP contribution is 2.43. The highest BCUT2D eigenvalue weighted by molar-refractivity contribution is 6.32. The molecule has 0 N–H and O–H groups in total. The molecule has 0 amide bonds. The molecule has 61 valence electrons. The molecule has 1 fully saturated rings. The number of halogens is 1. The number of benzene rings is 1. The van der Waals surface area contributed by atoms with Crippen LogP contribution in [0.4, 0.5) is 0 Å². The van der Waals surface area contributed by atoms with E-state index in [9.17, 15) is 0 Å². The first kappa shape index (κ1) is 7.88. The van der Waals surface area contributed by atoms with Gasteiger partial charge in [0.15, 0.2) is 0 Å². The predicted molar refractivity (Wildman–Crippen MR) is 51.4 cm³/mol. The lowest BCUT2D eigenvalue weighted by molar-refractivity contribution is 1.13. The second-order valence-corrected chi connectivity index (χ2v) is 3.54. The van der Waals surface area contributed by atoms with E-state index in [4.69, 9.17) is 11.6 Å². The molecule has 0 heterocycles. The van der Waals surface area contributed by atoms with Crippen LogP contribution in [-0.4, -0.2) is 0 Å². The monoisotopic (exact) mass is 177 g/mol. The molecule has 0 atom stereocenters. The van der Waals surface area contributed by atoms with E-state index in [-0.39, 0.29) is 0 Å². The maximum absolute atomic E-state index is 6.14. The average molecular weight is 178 g/mol. The second kappa shape index (κ2) is 2.95.